The summed E-state index contributed by atoms with van der Waals surface area (Å²) < 4.78 is 32.3. The van der Waals surface area contributed by atoms with Gasteiger partial charge in [0.1, 0.15) is 5.75 Å². The van der Waals surface area contributed by atoms with Crippen molar-refractivity contribution in [3.05, 3.63) is 58.1 Å². The van der Waals surface area contributed by atoms with Crippen LogP contribution < -0.4 is 10.1 Å². The van der Waals surface area contributed by atoms with Gasteiger partial charge < -0.3 is 10.1 Å². The highest BCUT2D eigenvalue weighted by Gasteiger charge is 2.26. The van der Waals surface area contributed by atoms with Crippen LogP contribution in [0.25, 0.3) is 0 Å². The van der Waals surface area contributed by atoms with Crippen molar-refractivity contribution in [1.29, 1.82) is 0 Å². The standard InChI is InChI=1S/C20H24Cl2N2O4S/c1-4-24(13-20(25)23-14(3)15-6-8-16(21)9-7-15)29(26,27)17-10-11-19(28-5-2)18(22)12-17/h6-12,14H,4-5,13H2,1-3H3,(H,23,25)/t14-/m0/s1. The van der Waals surface area contributed by atoms with E-state index in [1.54, 1.807) is 19.1 Å². The van der Waals surface area contributed by atoms with Gasteiger partial charge >= 0.3 is 0 Å². The number of ether oxygens (including phenoxy) is 1. The molecule has 0 spiro atoms. The summed E-state index contributed by atoms with van der Waals surface area (Å²) in [5, 5.41) is 3.61. The summed E-state index contributed by atoms with van der Waals surface area (Å²) in [5.41, 5.74) is 0.868. The summed E-state index contributed by atoms with van der Waals surface area (Å²) in [5.74, 6) is 0.000561. The maximum absolute atomic E-state index is 12.9. The Hall–Kier alpha value is -1.80. The van der Waals surface area contributed by atoms with E-state index in [9.17, 15) is 13.2 Å². The number of likely N-dealkylation sites (N-methyl/N-ethyl adjacent to an activating group) is 1. The molecule has 0 saturated carbocycles. The van der Waals surface area contributed by atoms with Gasteiger partial charge in [0.05, 0.1) is 29.1 Å². The molecule has 1 atom stereocenters. The minimum Gasteiger partial charge on any atom is -0.492 e. The van der Waals surface area contributed by atoms with Crippen LogP contribution in [0.5, 0.6) is 5.75 Å². The zero-order valence-electron chi connectivity index (χ0n) is 16.5. The lowest BCUT2D eigenvalue weighted by molar-refractivity contribution is -0.121. The Kier molecular flexibility index (Phi) is 8.34. The van der Waals surface area contributed by atoms with Crippen LogP contribution in [0.15, 0.2) is 47.4 Å². The average Bonchev–Trinajstić information content (AvgIpc) is 2.68. The molecule has 0 heterocycles. The highest BCUT2D eigenvalue weighted by molar-refractivity contribution is 7.89. The van der Waals surface area contributed by atoms with Gasteiger partial charge in [-0.2, -0.15) is 4.31 Å². The first kappa shape index (κ1) is 23.5. The average molecular weight is 459 g/mol. The fourth-order valence-corrected chi connectivity index (χ4v) is 4.57. The maximum Gasteiger partial charge on any atom is 0.243 e. The second-order valence-corrected chi connectivity index (χ2v) is 9.08. The van der Waals surface area contributed by atoms with Crippen molar-refractivity contribution in [3.8, 4) is 5.75 Å². The number of benzene rings is 2. The number of sulfonamides is 1. The molecule has 2 aromatic carbocycles. The molecular formula is C20H24Cl2N2O4S. The van der Waals surface area contributed by atoms with Crippen LogP contribution in [0.2, 0.25) is 10.0 Å². The highest BCUT2D eigenvalue weighted by atomic mass is 35.5. The zero-order valence-corrected chi connectivity index (χ0v) is 18.8. The van der Waals surface area contributed by atoms with Crippen LogP contribution in [-0.2, 0) is 14.8 Å². The van der Waals surface area contributed by atoms with Crippen molar-refractivity contribution in [1.82, 2.24) is 9.62 Å². The molecule has 0 saturated heterocycles. The first-order valence-electron chi connectivity index (χ1n) is 9.16. The monoisotopic (exact) mass is 458 g/mol. The van der Waals surface area contributed by atoms with Gasteiger partial charge in [-0.1, -0.05) is 42.3 Å². The third-order valence-corrected chi connectivity index (χ3v) is 6.73. The van der Waals surface area contributed by atoms with Crippen LogP contribution in [0, 0.1) is 0 Å². The molecule has 0 radical (unpaired) electrons. The van der Waals surface area contributed by atoms with Crippen LogP contribution >= 0.6 is 23.2 Å². The van der Waals surface area contributed by atoms with E-state index in [4.69, 9.17) is 27.9 Å². The SMILES string of the molecule is CCOc1ccc(S(=O)(=O)N(CC)CC(=O)N[C@@H](C)c2ccc(Cl)cc2)cc1Cl. The van der Waals surface area contributed by atoms with Crippen LogP contribution in [0.3, 0.4) is 0 Å². The summed E-state index contributed by atoms with van der Waals surface area (Å²) in [7, 11) is -3.89. The van der Waals surface area contributed by atoms with E-state index in [1.165, 1.54) is 18.2 Å². The minimum absolute atomic E-state index is 0.00588. The van der Waals surface area contributed by atoms with Gasteiger partial charge in [-0.05, 0) is 49.7 Å². The van der Waals surface area contributed by atoms with Gasteiger partial charge in [0.2, 0.25) is 15.9 Å². The maximum atomic E-state index is 12.9. The molecule has 0 fully saturated rings. The Labute approximate surface area is 181 Å². The zero-order chi connectivity index (χ0) is 21.6. The number of nitrogens with zero attached hydrogens (tertiary/aromatic N) is 1. The summed E-state index contributed by atoms with van der Waals surface area (Å²) in [6.45, 7) is 5.54. The Morgan fingerprint density at radius 3 is 2.34 bits per heavy atom. The number of nitrogens with one attached hydrogen (secondary N) is 1. The van der Waals surface area contributed by atoms with Gasteiger partial charge in [0.25, 0.3) is 0 Å². The minimum atomic E-state index is -3.89. The second kappa shape index (κ2) is 10.3. The van der Waals surface area contributed by atoms with Crippen LogP contribution in [0.4, 0.5) is 0 Å². The lowest BCUT2D eigenvalue weighted by Gasteiger charge is -2.22. The second-order valence-electron chi connectivity index (χ2n) is 6.30. The molecule has 0 aliphatic heterocycles. The van der Waals surface area contributed by atoms with E-state index in [-0.39, 0.29) is 29.0 Å². The van der Waals surface area contributed by atoms with E-state index >= 15 is 0 Å². The van der Waals surface area contributed by atoms with Crippen molar-refractivity contribution in [2.75, 3.05) is 19.7 Å². The van der Waals surface area contributed by atoms with Crippen molar-refractivity contribution < 1.29 is 17.9 Å². The largest absolute Gasteiger partial charge is 0.492 e. The number of hydrogen-bond acceptors (Lipinski definition) is 4. The summed E-state index contributed by atoms with van der Waals surface area (Å²) >= 11 is 12.0. The molecule has 6 nitrogen and oxygen atoms in total. The van der Waals surface area contributed by atoms with E-state index < -0.39 is 15.9 Å². The molecule has 1 N–H and O–H groups in total. The first-order chi connectivity index (χ1) is 13.7. The molecule has 29 heavy (non-hydrogen) atoms. The van der Waals surface area contributed by atoms with Crippen molar-refractivity contribution in [2.45, 2.75) is 31.7 Å². The molecule has 0 unspecified atom stereocenters. The van der Waals surface area contributed by atoms with Crippen molar-refractivity contribution >= 4 is 39.1 Å². The van der Waals surface area contributed by atoms with Crippen LogP contribution in [0.1, 0.15) is 32.4 Å². The molecule has 9 heteroatoms. The number of hydrogen-bond donors (Lipinski definition) is 1. The summed E-state index contributed by atoms with van der Waals surface area (Å²) in [6.07, 6.45) is 0. The topological polar surface area (TPSA) is 75.7 Å². The number of amides is 1. The summed E-state index contributed by atoms with van der Waals surface area (Å²) in [6, 6.07) is 11.1. The van der Waals surface area contributed by atoms with Crippen molar-refractivity contribution in [2.24, 2.45) is 0 Å². The molecular weight excluding hydrogens is 435 g/mol. The molecule has 1 amide bonds. The Bertz CT molecular complexity index is 949. The predicted molar refractivity (Wildman–Crippen MR) is 115 cm³/mol. The van der Waals surface area contributed by atoms with E-state index in [0.29, 0.717) is 17.4 Å². The van der Waals surface area contributed by atoms with E-state index in [0.717, 1.165) is 9.87 Å². The third-order valence-electron chi connectivity index (χ3n) is 4.26. The predicted octanol–water partition coefficient (Wildman–Crippen LogP) is 4.28. The lowest BCUT2D eigenvalue weighted by atomic mass is 10.1. The quantitative estimate of drug-likeness (QED) is 0.608. The summed E-state index contributed by atoms with van der Waals surface area (Å²) in [4.78, 5) is 12.5. The van der Waals surface area contributed by atoms with E-state index in [2.05, 4.69) is 5.32 Å². The van der Waals surface area contributed by atoms with Crippen molar-refractivity contribution in [3.63, 3.8) is 0 Å². The molecule has 0 aliphatic rings. The van der Waals surface area contributed by atoms with Gasteiger partial charge in [0.15, 0.2) is 0 Å². The van der Waals surface area contributed by atoms with Gasteiger partial charge in [-0.3, -0.25) is 4.79 Å². The number of halogens is 2. The Balaban J connectivity index is 2.12. The Morgan fingerprint density at radius 1 is 1.14 bits per heavy atom. The molecule has 0 bridgehead atoms. The molecule has 158 valence electrons. The molecule has 2 aromatic rings. The van der Waals surface area contributed by atoms with Gasteiger partial charge in [0, 0.05) is 11.6 Å². The first-order valence-corrected chi connectivity index (χ1v) is 11.4. The molecule has 0 aromatic heterocycles. The highest BCUT2D eigenvalue weighted by Crippen LogP contribution is 2.28. The number of carbonyl (C=O) groups is 1. The normalized spacial score (nSPS) is 12.6. The number of carbonyl (C=O) groups excluding carboxylic acids is 1. The molecule has 0 aliphatic carbocycles. The molecule has 2 rings (SSSR count). The number of rotatable bonds is 9. The van der Waals surface area contributed by atoms with Crippen LogP contribution in [-0.4, -0.2) is 38.3 Å². The fourth-order valence-electron chi connectivity index (χ4n) is 2.71. The van der Waals surface area contributed by atoms with Gasteiger partial charge in [-0.25, -0.2) is 8.42 Å². The lowest BCUT2D eigenvalue weighted by Crippen LogP contribution is -2.41. The van der Waals surface area contributed by atoms with Gasteiger partial charge in [-0.15, -0.1) is 0 Å². The smallest absolute Gasteiger partial charge is 0.243 e. The van der Waals surface area contributed by atoms with E-state index in [1.807, 2.05) is 26.0 Å². The fraction of sp³-hybridized carbons (Fsp3) is 0.350. The Morgan fingerprint density at radius 2 is 1.79 bits per heavy atom. The third kappa shape index (κ3) is 6.09.